The summed E-state index contributed by atoms with van der Waals surface area (Å²) in [6.07, 6.45) is 3.12. The minimum atomic E-state index is -0.552. The molecule has 0 radical (unpaired) electrons. The van der Waals surface area contributed by atoms with E-state index in [9.17, 15) is 14.0 Å². The van der Waals surface area contributed by atoms with E-state index in [-0.39, 0.29) is 17.1 Å². The maximum Gasteiger partial charge on any atom is 0.277 e. The number of carbonyl (C=O) groups excluding carboxylic acids is 2. The molecule has 1 aromatic heterocycles. The van der Waals surface area contributed by atoms with Crippen molar-refractivity contribution in [1.82, 2.24) is 10.3 Å². The molecule has 2 aromatic carbocycles. The fourth-order valence-electron chi connectivity index (χ4n) is 2.79. The van der Waals surface area contributed by atoms with Gasteiger partial charge in [0, 0.05) is 28.9 Å². The monoisotopic (exact) mass is 333 g/mol. The maximum atomic E-state index is 13.0. The molecule has 0 saturated carbocycles. The summed E-state index contributed by atoms with van der Waals surface area (Å²) in [5.41, 5.74) is 2.36. The Labute approximate surface area is 141 Å². The number of aromatic nitrogens is 1. The van der Waals surface area contributed by atoms with E-state index < -0.39 is 11.8 Å². The molecule has 0 atom stereocenters. The number of hydrogen-bond acceptors (Lipinski definition) is 3. The van der Waals surface area contributed by atoms with Gasteiger partial charge in [-0.1, -0.05) is 30.3 Å². The zero-order valence-corrected chi connectivity index (χ0v) is 12.9. The van der Waals surface area contributed by atoms with E-state index in [0.717, 1.165) is 10.9 Å². The van der Waals surface area contributed by atoms with E-state index in [1.807, 2.05) is 24.3 Å². The molecule has 0 aliphatic carbocycles. The number of para-hydroxylation sites is 1. The fraction of sp³-hybridized carbons (Fsp3) is 0. The Bertz CT molecular complexity index is 1060. The topological polar surface area (TPSA) is 74.3 Å². The quantitative estimate of drug-likeness (QED) is 0.571. The van der Waals surface area contributed by atoms with Crippen LogP contribution in [0.2, 0.25) is 0 Å². The average Bonchev–Trinajstić information content (AvgIpc) is 3.14. The number of hydrogen-bond donors (Lipinski definition) is 2. The molecule has 6 heteroatoms. The standard InChI is InChI=1S/C19H12FN3O2/c20-12-7-5-11(6-8-12)9-22-17-16(18(24)23-19(17)25)14-10-21-15-4-2-1-3-13(14)15/h1-10,21H,(H,23,24,25). The van der Waals surface area contributed by atoms with Crippen molar-refractivity contribution in [2.75, 3.05) is 0 Å². The number of nitrogens with one attached hydrogen (secondary N) is 2. The Morgan fingerprint density at radius 1 is 0.960 bits per heavy atom. The van der Waals surface area contributed by atoms with Crippen LogP contribution in [0.5, 0.6) is 0 Å². The maximum absolute atomic E-state index is 13.0. The molecule has 0 bridgehead atoms. The van der Waals surface area contributed by atoms with Gasteiger partial charge in [0.25, 0.3) is 11.8 Å². The van der Waals surface area contributed by atoms with E-state index >= 15 is 0 Å². The zero-order valence-electron chi connectivity index (χ0n) is 12.9. The number of rotatable bonds is 3. The van der Waals surface area contributed by atoms with Gasteiger partial charge in [-0.3, -0.25) is 14.9 Å². The molecule has 1 aliphatic rings. The van der Waals surface area contributed by atoms with Crippen molar-refractivity contribution in [3.63, 3.8) is 0 Å². The van der Waals surface area contributed by atoms with Crippen molar-refractivity contribution >= 4 is 34.5 Å². The number of nitrogens with zero attached hydrogens (tertiary/aromatic N) is 1. The van der Waals surface area contributed by atoms with Crippen LogP contribution >= 0.6 is 0 Å². The Hall–Kier alpha value is -3.54. The van der Waals surface area contributed by atoms with E-state index in [4.69, 9.17) is 0 Å². The van der Waals surface area contributed by atoms with Crippen LogP contribution in [0.3, 0.4) is 0 Å². The van der Waals surface area contributed by atoms with Gasteiger partial charge in [0.2, 0.25) is 0 Å². The number of imide groups is 1. The van der Waals surface area contributed by atoms with Gasteiger partial charge in [-0.2, -0.15) is 0 Å². The molecule has 3 aromatic rings. The average molecular weight is 333 g/mol. The van der Waals surface area contributed by atoms with E-state index in [0.29, 0.717) is 11.1 Å². The molecule has 0 fully saturated rings. The Kier molecular flexibility index (Phi) is 3.50. The third kappa shape index (κ3) is 2.63. The van der Waals surface area contributed by atoms with Gasteiger partial charge in [-0.05, 0) is 23.8 Å². The van der Waals surface area contributed by atoms with E-state index in [2.05, 4.69) is 15.3 Å². The first kappa shape index (κ1) is 15.0. The van der Waals surface area contributed by atoms with Crippen molar-refractivity contribution in [3.05, 3.63) is 77.4 Å². The summed E-state index contributed by atoms with van der Waals surface area (Å²) in [6, 6.07) is 13.2. The summed E-state index contributed by atoms with van der Waals surface area (Å²) in [5.74, 6) is -1.39. The number of H-pyrrole nitrogens is 1. The summed E-state index contributed by atoms with van der Waals surface area (Å²) < 4.78 is 13.0. The van der Waals surface area contributed by atoms with Crippen molar-refractivity contribution < 1.29 is 14.0 Å². The van der Waals surface area contributed by atoms with Crippen LogP contribution in [0.25, 0.3) is 16.5 Å². The smallest absolute Gasteiger partial charge is 0.277 e. The molecular weight excluding hydrogens is 321 g/mol. The second kappa shape index (κ2) is 5.83. The number of halogens is 1. The van der Waals surface area contributed by atoms with Crippen LogP contribution in [-0.2, 0) is 9.59 Å². The van der Waals surface area contributed by atoms with Crippen molar-refractivity contribution in [1.29, 1.82) is 0 Å². The summed E-state index contributed by atoms with van der Waals surface area (Å²) in [4.78, 5) is 31.7. The number of carbonyl (C=O) groups is 2. The Balaban J connectivity index is 1.82. The molecule has 25 heavy (non-hydrogen) atoms. The van der Waals surface area contributed by atoms with Gasteiger partial charge in [-0.25, -0.2) is 9.38 Å². The lowest BCUT2D eigenvalue weighted by molar-refractivity contribution is -0.123. The summed E-state index contributed by atoms with van der Waals surface area (Å²) >= 11 is 0. The highest BCUT2D eigenvalue weighted by Gasteiger charge is 2.32. The van der Waals surface area contributed by atoms with Crippen molar-refractivity contribution in [2.45, 2.75) is 0 Å². The minimum absolute atomic E-state index is 0.0408. The number of benzene rings is 2. The minimum Gasteiger partial charge on any atom is -0.361 e. The molecule has 0 unspecified atom stereocenters. The lowest BCUT2D eigenvalue weighted by atomic mass is 10.0. The molecule has 1 aliphatic heterocycles. The summed E-state index contributed by atoms with van der Waals surface area (Å²) in [5, 5.41) is 3.11. The molecule has 122 valence electrons. The fourth-order valence-corrected chi connectivity index (χ4v) is 2.79. The van der Waals surface area contributed by atoms with Crippen molar-refractivity contribution in [2.24, 2.45) is 4.99 Å². The lowest BCUT2D eigenvalue weighted by Crippen LogP contribution is -2.22. The highest BCUT2D eigenvalue weighted by molar-refractivity contribution is 6.37. The van der Waals surface area contributed by atoms with Gasteiger partial charge in [0.05, 0.1) is 5.57 Å². The molecule has 0 saturated heterocycles. The third-order valence-electron chi connectivity index (χ3n) is 3.98. The second-order valence-corrected chi connectivity index (χ2v) is 5.56. The van der Waals surface area contributed by atoms with Gasteiger partial charge in [-0.15, -0.1) is 0 Å². The normalized spacial score (nSPS) is 14.8. The van der Waals surface area contributed by atoms with Crippen LogP contribution in [0, 0.1) is 5.82 Å². The van der Waals surface area contributed by atoms with Crippen LogP contribution in [0.15, 0.2) is 65.4 Å². The van der Waals surface area contributed by atoms with E-state index in [1.54, 1.807) is 18.3 Å². The van der Waals surface area contributed by atoms with Crippen LogP contribution < -0.4 is 5.32 Å². The largest absolute Gasteiger partial charge is 0.361 e. The molecule has 0 spiro atoms. The molecule has 2 amide bonds. The van der Waals surface area contributed by atoms with Gasteiger partial charge < -0.3 is 4.98 Å². The lowest BCUT2D eigenvalue weighted by Gasteiger charge is -1.99. The first-order valence-corrected chi connectivity index (χ1v) is 7.59. The number of amides is 2. The first-order chi connectivity index (χ1) is 12.1. The zero-order chi connectivity index (χ0) is 17.4. The van der Waals surface area contributed by atoms with Crippen LogP contribution in [0.4, 0.5) is 4.39 Å². The molecule has 2 heterocycles. The van der Waals surface area contributed by atoms with Crippen molar-refractivity contribution in [3.8, 4) is 0 Å². The Morgan fingerprint density at radius 2 is 1.72 bits per heavy atom. The predicted octanol–water partition coefficient (Wildman–Crippen LogP) is 2.79. The molecule has 4 rings (SSSR count). The third-order valence-corrected chi connectivity index (χ3v) is 3.98. The number of aromatic amines is 1. The van der Waals surface area contributed by atoms with Gasteiger partial charge in [0.1, 0.15) is 11.5 Å². The first-order valence-electron chi connectivity index (χ1n) is 7.59. The second-order valence-electron chi connectivity index (χ2n) is 5.56. The van der Waals surface area contributed by atoms with E-state index in [1.165, 1.54) is 18.3 Å². The van der Waals surface area contributed by atoms with Gasteiger partial charge in [0.15, 0.2) is 0 Å². The number of fused-ring (bicyclic) bond motifs is 1. The predicted molar refractivity (Wildman–Crippen MR) is 92.4 cm³/mol. The summed E-state index contributed by atoms with van der Waals surface area (Å²) in [7, 11) is 0. The summed E-state index contributed by atoms with van der Waals surface area (Å²) in [6.45, 7) is 0. The van der Waals surface area contributed by atoms with Crippen LogP contribution in [0.1, 0.15) is 11.1 Å². The Morgan fingerprint density at radius 3 is 2.52 bits per heavy atom. The molecule has 5 nitrogen and oxygen atoms in total. The van der Waals surface area contributed by atoms with Crippen LogP contribution in [-0.4, -0.2) is 23.0 Å². The molecular formula is C19H12FN3O2. The molecule has 2 N–H and O–H groups in total. The highest BCUT2D eigenvalue weighted by Crippen LogP contribution is 2.30. The SMILES string of the molecule is O=C1NC(=O)C(c2c[nH]c3ccccc23)=C1N=Cc1ccc(F)cc1. The van der Waals surface area contributed by atoms with Gasteiger partial charge >= 0.3 is 0 Å². The highest BCUT2D eigenvalue weighted by atomic mass is 19.1. The number of aliphatic imine (C=N–C) groups is 1.